The smallest absolute Gasteiger partial charge is 0.115 e. The molecule has 2 aromatic rings. The van der Waals surface area contributed by atoms with Gasteiger partial charge in [0.25, 0.3) is 0 Å². The number of phenolic OH excluding ortho intramolecular Hbond substituents is 1. The fourth-order valence-electron chi connectivity index (χ4n) is 2.04. The molecule has 19 heavy (non-hydrogen) atoms. The highest BCUT2D eigenvalue weighted by Crippen LogP contribution is 2.20. The van der Waals surface area contributed by atoms with E-state index in [9.17, 15) is 5.11 Å². The van der Waals surface area contributed by atoms with Crippen molar-refractivity contribution in [2.45, 2.75) is 19.4 Å². The van der Waals surface area contributed by atoms with Crippen LogP contribution in [0.4, 0.5) is 0 Å². The monoisotopic (exact) mass is 276 g/mol. The topological polar surface area (TPSA) is 45.1 Å². The summed E-state index contributed by atoms with van der Waals surface area (Å²) in [5.74, 6) is 0.289. The van der Waals surface area contributed by atoms with E-state index in [1.165, 1.54) is 0 Å². The first-order valence-corrected chi connectivity index (χ1v) is 6.69. The summed E-state index contributed by atoms with van der Waals surface area (Å²) in [5.41, 5.74) is 2.03. The first-order chi connectivity index (χ1) is 9.19. The van der Waals surface area contributed by atoms with Crippen LogP contribution in [-0.2, 0) is 6.42 Å². The number of aromatic hydroxyl groups is 1. The molecule has 0 saturated heterocycles. The summed E-state index contributed by atoms with van der Waals surface area (Å²) in [4.78, 5) is 4.36. The highest BCUT2D eigenvalue weighted by Gasteiger charge is 2.12. The average Bonchev–Trinajstić information content (AvgIpc) is 2.39. The van der Waals surface area contributed by atoms with Crippen LogP contribution in [0.25, 0.3) is 0 Å². The number of nitrogens with zero attached hydrogens (tertiary/aromatic N) is 1. The van der Waals surface area contributed by atoms with E-state index in [1.54, 1.807) is 18.3 Å². The molecule has 0 aliphatic heterocycles. The second-order valence-electron chi connectivity index (χ2n) is 4.39. The highest BCUT2D eigenvalue weighted by atomic mass is 35.5. The largest absolute Gasteiger partial charge is 0.508 e. The standard InChI is InChI=1S/C15H17ClN2O/c1-2-17-15(14-7-6-12(16)10-18-14)9-11-4-3-5-13(19)8-11/h3-8,10,15,17,19H,2,9H2,1H3. The molecule has 2 N–H and O–H groups in total. The molecule has 0 aliphatic carbocycles. The lowest BCUT2D eigenvalue weighted by atomic mass is 10.0. The summed E-state index contributed by atoms with van der Waals surface area (Å²) >= 11 is 5.86. The Morgan fingerprint density at radius 2 is 2.16 bits per heavy atom. The third kappa shape index (κ3) is 3.94. The molecule has 0 aliphatic rings. The average molecular weight is 277 g/mol. The van der Waals surface area contributed by atoms with Crippen molar-refractivity contribution in [3.05, 3.63) is 58.9 Å². The summed E-state index contributed by atoms with van der Waals surface area (Å²) in [6.07, 6.45) is 2.43. The van der Waals surface area contributed by atoms with Crippen molar-refractivity contribution in [1.82, 2.24) is 10.3 Å². The third-order valence-corrected chi connectivity index (χ3v) is 3.13. The van der Waals surface area contributed by atoms with E-state index in [0.29, 0.717) is 5.02 Å². The van der Waals surface area contributed by atoms with Crippen LogP contribution >= 0.6 is 11.6 Å². The van der Waals surface area contributed by atoms with Crippen molar-refractivity contribution >= 4 is 11.6 Å². The Bertz CT molecular complexity index is 528. The minimum Gasteiger partial charge on any atom is -0.508 e. The fourth-order valence-corrected chi connectivity index (χ4v) is 2.15. The molecule has 1 atom stereocenters. The van der Waals surface area contributed by atoms with Gasteiger partial charge in [-0.05, 0) is 42.8 Å². The molecule has 1 heterocycles. The molecule has 0 radical (unpaired) electrons. The quantitative estimate of drug-likeness (QED) is 0.880. The Labute approximate surface area is 118 Å². The minimum atomic E-state index is 0.115. The summed E-state index contributed by atoms with van der Waals surface area (Å²) in [6, 6.07) is 11.2. The van der Waals surface area contributed by atoms with Gasteiger partial charge in [0.05, 0.1) is 16.8 Å². The summed E-state index contributed by atoms with van der Waals surface area (Å²) in [6.45, 7) is 2.92. The molecule has 2 rings (SSSR count). The van der Waals surface area contributed by atoms with Gasteiger partial charge < -0.3 is 10.4 Å². The van der Waals surface area contributed by atoms with E-state index in [2.05, 4.69) is 17.2 Å². The van der Waals surface area contributed by atoms with Crippen molar-refractivity contribution in [2.75, 3.05) is 6.54 Å². The maximum Gasteiger partial charge on any atom is 0.115 e. The summed E-state index contributed by atoms with van der Waals surface area (Å²) in [5, 5.41) is 13.5. The van der Waals surface area contributed by atoms with Crippen LogP contribution in [0.15, 0.2) is 42.6 Å². The van der Waals surface area contributed by atoms with Gasteiger partial charge in [-0.25, -0.2) is 0 Å². The van der Waals surface area contributed by atoms with Gasteiger partial charge >= 0.3 is 0 Å². The minimum absolute atomic E-state index is 0.115. The highest BCUT2D eigenvalue weighted by molar-refractivity contribution is 6.30. The van der Waals surface area contributed by atoms with E-state index < -0.39 is 0 Å². The number of aromatic nitrogens is 1. The fraction of sp³-hybridized carbons (Fsp3) is 0.267. The van der Waals surface area contributed by atoms with Gasteiger partial charge in [0, 0.05) is 6.20 Å². The maximum absolute atomic E-state index is 9.51. The number of hydrogen-bond donors (Lipinski definition) is 2. The molecule has 0 saturated carbocycles. The van der Waals surface area contributed by atoms with Gasteiger partial charge in [0.15, 0.2) is 0 Å². The van der Waals surface area contributed by atoms with Gasteiger partial charge in [-0.1, -0.05) is 30.7 Å². The van der Waals surface area contributed by atoms with Crippen LogP contribution in [0.2, 0.25) is 5.02 Å². The Kier molecular flexibility index (Phi) is 4.77. The zero-order chi connectivity index (χ0) is 13.7. The molecule has 1 aromatic heterocycles. The van der Waals surface area contributed by atoms with Crippen LogP contribution in [0.3, 0.4) is 0 Å². The number of hydrogen-bond acceptors (Lipinski definition) is 3. The molecule has 1 unspecified atom stereocenters. The first-order valence-electron chi connectivity index (χ1n) is 6.31. The summed E-state index contributed by atoms with van der Waals surface area (Å²) < 4.78 is 0. The Morgan fingerprint density at radius 3 is 2.79 bits per heavy atom. The van der Waals surface area contributed by atoms with Gasteiger partial charge in [-0.15, -0.1) is 0 Å². The van der Waals surface area contributed by atoms with Crippen LogP contribution in [-0.4, -0.2) is 16.6 Å². The molecule has 0 fully saturated rings. The Morgan fingerprint density at radius 1 is 1.32 bits per heavy atom. The number of benzene rings is 1. The maximum atomic E-state index is 9.51. The van der Waals surface area contributed by atoms with E-state index in [4.69, 9.17) is 11.6 Å². The number of likely N-dealkylation sites (N-methyl/N-ethyl adjacent to an activating group) is 1. The van der Waals surface area contributed by atoms with Crippen LogP contribution in [0.1, 0.15) is 24.2 Å². The predicted molar refractivity (Wildman–Crippen MR) is 77.5 cm³/mol. The van der Waals surface area contributed by atoms with Crippen molar-refractivity contribution in [2.24, 2.45) is 0 Å². The predicted octanol–water partition coefficient (Wildman–Crippen LogP) is 3.33. The molecule has 0 amide bonds. The number of halogens is 1. The van der Waals surface area contributed by atoms with Crippen LogP contribution < -0.4 is 5.32 Å². The van der Waals surface area contributed by atoms with Crippen molar-refractivity contribution in [1.29, 1.82) is 0 Å². The number of phenols is 1. The molecule has 4 heteroatoms. The number of pyridine rings is 1. The third-order valence-electron chi connectivity index (χ3n) is 2.91. The van der Waals surface area contributed by atoms with E-state index in [-0.39, 0.29) is 11.8 Å². The van der Waals surface area contributed by atoms with Crippen LogP contribution in [0, 0.1) is 0 Å². The second-order valence-corrected chi connectivity index (χ2v) is 4.82. The SMILES string of the molecule is CCNC(Cc1cccc(O)c1)c1ccc(Cl)cn1. The molecular weight excluding hydrogens is 260 g/mol. The Balaban J connectivity index is 2.18. The van der Waals surface area contributed by atoms with Crippen molar-refractivity contribution in [3.63, 3.8) is 0 Å². The lowest BCUT2D eigenvalue weighted by Gasteiger charge is -2.17. The van der Waals surface area contributed by atoms with Gasteiger partial charge in [0.1, 0.15) is 5.75 Å². The molecule has 0 spiro atoms. The van der Waals surface area contributed by atoms with E-state index in [0.717, 1.165) is 24.2 Å². The number of nitrogens with one attached hydrogen (secondary N) is 1. The molecule has 1 aromatic carbocycles. The molecular formula is C15H17ClN2O. The Hall–Kier alpha value is -1.58. The lowest BCUT2D eigenvalue weighted by Crippen LogP contribution is -2.23. The molecule has 100 valence electrons. The first kappa shape index (κ1) is 13.8. The van der Waals surface area contributed by atoms with Gasteiger partial charge in [-0.3, -0.25) is 4.98 Å². The molecule has 3 nitrogen and oxygen atoms in total. The normalized spacial score (nSPS) is 12.3. The second kappa shape index (κ2) is 6.55. The van der Waals surface area contributed by atoms with E-state index in [1.807, 2.05) is 24.3 Å². The van der Waals surface area contributed by atoms with Crippen molar-refractivity contribution in [3.8, 4) is 5.75 Å². The van der Waals surface area contributed by atoms with Crippen LogP contribution in [0.5, 0.6) is 5.75 Å². The van der Waals surface area contributed by atoms with Gasteiger partial charge in [-0.2, -0.15) is 0 Å². The number of rotatable bonds is 5. The lowest BCUT2D eigenvalue weighted by molar-refractivity contribution is 0.473. The zero-order valence-corrected chi connectivity index (χ0v) is 11.6. The van der Waals surface area contributed by atoms with E-state index >= 15 is 0 Å². The zero-order valence-electron chi connectivity index (χ0n) is 10.8. The summed E-state index contributed by atoms with van der Waals surface area (Å²) in [7, 11) is 0. The molecule has 0 bridgehead atoms. The van der Waals surface area contributed by atoms with Crippen molar-refractivity contribution < 1.29 is 5.11 Å². The van der Waals surface area contributed by atoms with Gasteiger partial charge in [0.2, 0.25) is 0 Å².